The molecule has 0 N–H and O–H groups in total. The third kappa shape index (κ3) is 4.90. The molecule has 0 radical (unpaired) electrons. The number of rotatable bonds is 6. The minimum atomic E-state index is -0.000381. The highest BCUT2D eigenvalue weighted by Gasteiger charge is 2.21. The molecule has 1 amide bonds. The summed E-state index contributed by atoms with van der Waals surface area (Å²) in [6, 6.07) is 9.97. The number of anilines is 1. The summed E-state index contributed by atoms with van der Waals surface area (Å²) in [5, 5.41) is 0.463. The highest BCUT2D eigenvalue weighted by atomic mass is 35.5. The van der Waals surface area contributed by atoms with Gasteiger partial charge in [-0.2, -0.15) is 0 Å². The molecule has 6 heteroatoms. The highest BCUT2D eigenvalue weighted by molar-refractivity contribution is 6.32. The van der Waals surface area contributed by atoms with Crippen molar-refractivity contribution in [1.29, 1.82) is 0 Å². The molecule has 2 aromatic carbocycles. The van der Waals surface area contributed by atoms with Gasteiger partial charge >= 0.3 is 0 Å². The SMILES string of the molecule is CCOc1c(Cl)cc(C=CC(=O)N2CCN(c3cccc(C)c3C)CC2)cc1OC. The van der Waals surface area contributed by atoms with Gasteiger partial charge in [-0.1, -0.05) is 23.7 Å². The summed E-state index contributed by atoms with van der Waals surface area (Å²) >= 11 is 6.31. The standard InChI is InChI=1S/C24H29ClN2O3/c1-5-30-24-20(25)15-19(16-22(24)29-4)9-10-23(28)27-13-11-26(12-14-27)21-8-6-7-17(2)18(21)3/h6-10,15-16H,5,11-14H2,1-4H3. The van der Waals surface area contributed by atoms with Crippen molar-refractivity contribution in [2.75, 3.05) is 44.8 Å². The maximum Gasteiger partial charge on any atom is 0.246 e. The van der Waals surface area contributed by atoms with Gasteiger partial charge in [0.1, 0.15) is 0 Å². The lowest BCUT2D eigenvalue weighted by Gasteiger charge is -2.36. The Hall–Kier alpha value is -2.66. The number of hydrogen-bond acceptors (Lipinski definition) is 4. The molecule has 0 bridgehead atoms. The summed E-state index contributed by atoms with van der Waals surface area (Å²) in [5.41, 5.74) is 4.65. The van der Waals surface area contributed by atoms with Crippen LogP contribution in [0.25, 0.3) is 6.08 Å². The van der Waals surface area contributed by atoms with E-state index >= 15 is 0 Å². The van der Waals surface area contributed by atoms with E-state index in [1.165, 1.54) is 16.8 Å². The maximum atomic E-state index is 12.7. The predicted octanol–water partition coefficient (Wildman–Crippen LogP) is 4.73. The zero-order chi connectivity index (χ0) is 21.7. The summed E-state index contributed by atoms with van der Waals surface area (Å²) in [6.07, 6.45) is 3.36. The van der Waals surface area contributed by atoms with Gasteiger partial charge < -0.3 is 19.3 Å². The number of piperazine rings is 1. The van der Waals surface area contributed by atoms with Crippen molar-refractivity contribution in [3.8, 4) is 11.5 Å². The van der Waals surface area contributed by atoms with Crippen LogP contribution >= 0.6 is 11.6 Å². The van der Waals surface area contributed by atoms with E-state index in [0.717, 1.165) is 18.7 Å². The van der Waals surface area contributed by atoms with Gasteiger partial charge in [0.25, 0.3) is 0 Å². The Balaban J connectivity index is 1.64. The molecule has 0 aromatic heterocycles. The molecule has 1 heterocycles. The first kappa shape index (κ1) is 22.0. The van der Waals surface area contributed by atoms with Gasteiger partial charge in [-0.15, -0.1) is 0 Å². The molecular formula is C24H29ClN2O3. The van der Waals surface area contributed by atoms with Gasteiger partial charge in [-0.3, -0.25) is 4.79 Å². The monoisotopic (exact) mass is 428 g/mol. The van der Waals surface area contributed by atoms with E-state index in [1.54, 1.807) is 25.3 Å². The molecule has 1 aliphatic heterocycles. The third-order valence-corrected chi connectivity index (χ3v) is 5.75. The number of carbonyl (C=O) groups excluding carboxylic acids is 1. The number of benzene rings is 2. The molecule has 0 aliphatic carbocycles. The molecule has 160 valence electrons. The van der Waals surface area contributed by atoms with Crippen LogP contribution in [0.15, 0.2) is 36.4 Å². The van der Waals surface area contributed by atoms with E-state index in [-0.39, 0.29) is 5.91 Å². The minimum absolute atomic E-state index is 0.000381. The predicted molar refractivity (Wildman–Crippen MR) is 123 cm³/mol. The number of aryl methyl sites for hydroxylation is 1. The van der Waals surface area contributed by atoms with Crippen LogP contribution in [0.1, 0.15) is 23.6 Å². The lowest BCUT2D eigenvalue weighted by atomic mass is 10.1. The van der Waals surface area contributed by atoms with Gasteiger partial charge in [-0.05, 0) is 61.7 Å². The lowest BCUT2D eigenvalue weighted by molar-refractivity contribution is -0.126. The Morgan fingerprint density at radius 1 is 1.17 bits per heavy atom. The van der Waals surface area contributed by atoms with Crippen molar-refractivity contribution in [1.82, 2.24) is 4.90 Å². The number of nitrogens with zero attached hydrogens (tertiary/aromatic N) is 2. The zero-order valence-corrected chi connectivity index (χ0v) is 18.8. The van der Waals surface area contributed by atoms with E-state index in [2.05, 4.69) is 36.9 Å². The second kappa shape index (κ2) is 9.90. The van der Waals surface area contributed by atoms with Crippen LogP contribution in [0.4, 0.5) is 5.69 Å². The average Bonchev–Trinajstić information content (AvgIpc) is 2.75. The number of amides is 1. The first-order chi connectivity index (χ1) is 14.4. The zero-order valence-electron chi connectivity index (χ0n) is 18.1. The molecule has 0 atom stereocenters. The smallest absolute Gasteiger partial charge is 0.246 e. The second-order valence-corrected chi connectivity index (χ2v) is 7.74. The number of carbonyl (C=O) groups is 1. The molecular weight excluding hydrogens is 400 g/mol. The number of halogens is 1. The summed E-state index contributed by atoms with van der Waals surface area (Å²) in [4.78, 5) is 16.9. The van der Waals surface area contributed by atoms with Crippen LogP contribution in [0, 0.1) is 13.8 Å². The molecule has 0 saturated carbocycles. The molecule has 1 aliphatic rings. The van der Waals surface area contributed by atoms with Crippen LogP contribution in [0.3, 0.4) is 0 Å². The van der Waals surface area contributed by atoms with Crippen LogP contribution in [0.5, 0.6) is 11.5 Å². The quantitative estimate of drug-likeness (QED) is 0.624. The highest BCUT2D eigenvalue weighted by Crippen LogP contribution is 2.36. The number of methoxy groups -OCH3 is 1. The fourth-order valence-corrected chi connectivity index (χ4v) is 3.91. The maximum absolute atomic E-state index is 12.7. The Kier molecular flexibility index (Phi) is 7.27. The molecule has 1 fully saturated rings. The van der Waals surface area contributed by atoms with Gasteiger partial charge in [0.15, 0.2) is 11.5 Å². The topological polar surface area (TPSA) is 42.0 Å². The normalized spacial score (nSPS) is 14.3. The van der Waals surface area contributed by atoms with E-state index in [1.807, 2.05) is 17.9 Å². The van der Waals surface area contributed by atoms with Gasteiger partial charge in [0.05, 0.1) is 18.7 Å². The lowest BCUT2D eigenvalue weighted by Crippen LogP contribution is -2.48. The second-order valence-electron chi connectivity index (χ2n) is 7.33. The molecule has 30 heavy (non-hydrogen) atoms. The Morgan fingerprint density at radius 2 is 1.90 bits per heavy atom. The summed E-state index contributed by atoms with van der Waals surface area (Å²) < 4.78 is 10.9. The van der Waals surface area contributed by atoms with Crippen molar-refractivity contribution in [2.24, 2.45) is 0 Å². The van der Waals surface area contributed by atoms with Gasteiger partial charge in [-0.25, -0.2) is 0 Å². The summed E-state index contributed by atoms with van der Waals surface area (Å²) in [5.74, 6) is 1.07. The first-order valence-corrected chi connectivity index (χ1v) is 10.6. The van der Waals surface area contributed by atoms with Crippen LogP contribution in [-0.2, 0) is 4.79 Å². The fraction of sp³-hybridized carbons (Fsp3) is 0.375. The largest absolute Gasteiger partial charge is 0.493 e. The van der Waals surface area contributed by atoms with Crippen molar-refractivity contribution in [3.05, 3.63) is 58.1 Å². The van der Waals surface area contributed by atoms with Crippen molar-refractivity contribution >= 4 is 29.3 Å². The molecule has 0 spiro atoms. The minimum Gasteiger partial charge on any atom is -0.493 e. The molecule has 3 rings (SSSR count). The summed E-state index contributed by atoms with van der Waals surface area (Å²) in [6.45, 7) is 9.72. The Morgan fingerprint density at radius 3 is 2.57 bits per heavy atom. The average molecular weight is 429 g/mol. The van der Waals surface area contributed by atoms with Gasteiger partial charge in [0, 0.05) is 37.9 Å². The van der Waals surface area contributed by atoms with Crippen molar-refractivity contribution in [2.45, 2.75) is 20.8 Å². The third-order valence-electron chi connectivity index (χ3n) is 5.47. The van der Waals surface area contributed by atoms with Crippen LogP contribution < -0.4 is 14.4 Å². The molecule has 2 aromatic rings. The summed E-state index contributed by atoms with van der Waals surface area (Å²) in [7, 11) is 1.57. The number of hydrogen-bond donors (Lipinski definition) is 0. The molecule has 1 saturated heterocycles. The van der Waals surface area contributed by atoms with E-state index < -0.39 is 0 Å². The van der Waals surface area contributed by atoms with Crippen LogP contribution in [0.2, 0.25) is 5.02 Å². The van der Waals surface area contributed by atoms with E-state index in [4.69, 9.17) is 21.1 Å². The molecule has 0 unspecified atom stereocenters. The van der Waals surface area contributed by atoms with E-state index in [0.29, 0.717) is 36.2 Å². The Bertz CT molecular complexity index is 934. The van der Waals surface area contributed by atoms with Crippen molar-refractivity contribution < 1.29 is 14.3 Å². The Labute approximate surface area is 183 Å². The van der Waals surface area contributed by atoms with Crippen molar-refractivity contribution in [3.63, 3.8) is 0 Å². The van der Waals surface area contributed by atoms with Gasteiger partial charge in [0.2, 0.25) is 5.91 Å². The fourth-order valence-electron chi connectivity index (χ4n) is 3.64. The number of ether oxygens (including phenoxy) is 2. The van der Waals surface area contributed by atoms with E-state index in [9.17, 15) is 4.79 Å². The molecule has 5 nitrogen and oxygen atoms in total. The van der Waals surface area contributed by atoms with Crippen LogP contribution in [-0.4, -0.2) is 50.7 Å². The first-order valence-electron chi connectivity index (χ1n) is 10.2.